The minimum absolute atomic E-state index is 0.108. The second-order valence-corrected chi connectivity index (χ2v) is 8.02. The monoisotopic (exact) mass is 363 g/mol. The van der Waals surface area contributed by atoms with Gasteiger partial charge >= 0.3 is 5.97 Å². The van der Waals surface area contributed by atoms with Crippen LogP contribution in [0.4, 0.5) is 0 Å². The number of carbonyl (C=O) groups is 1. The topological polar surface area (TPSA) is 29.5 Å². The standard InChI is InChI=1S/C24H29NO2/c1-2-23(26)27-24(22-13-11-21(12-14-22)20-9-10-20)15-6-16-25(18-24)17-19-7-4-3-5-8-19/h3-5,7-8,11-14,20H,2,6,9-10,15-18H2,1H3. The van der Waals surface area contributed by atoms with E-state index in [0.29, 0.717) is 6.42 Å². The molecule has 1 heterocycles. The van der Waals surface area contributed by atoms with E-state index in [4.69, 9.17) is 4.74 Å². The number of piperidine rings is 1. The van der Waals surface area contributed by atoms with Gasteiger partial charge < -0.3 is 4.74 Å². The van der Waals surface area contributed by atoms with Crippen molar-refractivity contribution in [1.82, 2.24) is 4.90 Å². The number of hydrogen-bond donors (Lipinski definition) is 0. The van der Waals surface area contributed by atoms with Crippen molar-refractivity contribution in [2.75, 3.05) is 13.1 Å². The van der Waals surface area contributed by atoms with Crippen molar-refractivity contribution in [2.24, 2.45) is 0 Å². The largest absolute Gasteiger partial charge is 0.453 e. The first-order valence-electron chi connectivity index (χ1n) is 10.3. The molecule has 2 fully saturated rings. The molecule has 4 rings (SSSR count). The number of benzene rings is 2. The first-order chi connectivity index (χ1) is 13.2. The van der Waals surface area contributed by atoms with Gasteiger partial charge in [-0.1, -0.05) is 61.5 Å². The van der Waals surface area contributed by atoms with Gasteiger partial charge in [0.15, 0.2) is 0 Å². The van der Waals surface area contributed by atoms with Crippen LogP contribution in [0.1, 0.15) is 61.6 Å². The number of ether oxygens (including phenoxy) is 1. The van der Waals surface area contributed by atoms with Gasteiger partial charge in [0.2, 0.25) is 0 Å². The van der Waals surface area contributed by atoms with Gasteiger partial charge in [0, 0.05) is 19.5 Å². The quantitative estimate of drug-likeness (QED) is 0.676. The normalized spacial score (nSPS) is 23.1. The summed E-state index contributed by atoms with van der Waals surface area (Å²) in [7, 11) is 0. The molecular formula is C24H29NO2. The summed E-state index contributed by atoms with van der Waals surface area (Å²) in [5, 5.41) is 0. The van der Waals surface area contributed by atoms with E-state index < -0.39 is 5.60 Å². The summed E-state index contributed by atoms with van der Waals surface area (Å²) in [6.07, 6.45) is 4.96. The van der Waals surface area contributed by atoms with Gasteiger partial charge in [-0.15, -0.1) is 0 Å². The number of carbonyl (C=O) groups excluding carboxylic acids is 1. The minimum atomic E-state index is -0.526. The van der Waals surface area contributed by atoms with Gasteiger partial charge in [-0.2, -0.15) is 0 Å². The Morgan fingerprint density at radius 2 is 1.85 bits per heavy atom. The lowest BCUT2D eigenvalue weighted by Gasteiger charge is -2.42. The summed E-state index contributed by atoms with van der Waals surface area (Å²) in [4.78, 5) is 14.7. The van der Waals surface area contributed by atoms with Crippen molar-refractivity contribution < 1.29 is 9.53 Å². The Morgan fingerprint density at radius 3 is 2.52 bits per heavy atom. The average molecular weight is 364 g/mol. The zero-order chi connectivity index (χ0) is 18.7. The Hall–Kier alpha value is -2.13. The summed E-state index contributed by atoms with van der Waals surface area (Å²) < 4.78 is 6.12. The summed E-state index contributed by atoms with van der Waals surface area (Å²) in [6.45, 7) is 4.57. The molecule has 2 aromatic rings. The lowest BCUT2D eigenvalue weighted by atomic mass is 9.84. The Labute approximate surface area is 162 Å². The molecule has 1 saturated carbocycles. The Kier molecular flexibility index (Phi) is 5.31. The Bertz CT molecular complexity index is 767. The molecule has 142 valence electrons. The molecule has 1 unspecified atom stereocenters. The molecular weight excluding hydrogens is 334 g/mol. The molecule has 27 heavy (non-hydrogen) atoms. The highest BCUT2D eigenvalue weighted by Gasteiger charge is 2.40. The molecule has 2 aromatic carbocycles. The molecule has 3 heteroatoms. The van der Waals surface area contributed by atoms with Gasteiger partial charge in [0.1, 0.15) is 5.60 Å². The second kappa shape index (κ2) is 7.85. The molecule has 1 saturated heterocycles. The number of hydrogen-bond acceptors (Lipinski definition) is 3. The summed E-state index contributed by atoms with van der Waals surface area (Å²) in [5.74, 6) is 0.636. The van der Waals surface area contributed by atoms with Crippen molar-refractivity contribution in [3.05, 3.63) is 71.3 Å². The van der Waals surface area contributed by atoms with E-state index in [-0.39, 0.29) is 5.97 Å². The van der Waals surface area contributed by atoms with Crippen molar-refractivity contribution >= 4 is 5.97 Å². The fraction of sp³-hybridized carbons (Fsp3) is 0.458. The van der Waals surface area contributed by atoms with E-state index in [1.807, 2.05) is 6.92 Å². The summed E-state index contributed by atoms with van der Waals surface area (Å²) in [6, 6.07) is 19.4. The molecule has 0 N–H and O–H groups in total. The highest BCUT2D eigenvalue weighted by atomic mass is 16.6. The molecule has 2 aliphatic rings. The smallest absolute Gasteiger partial charge is 0.306 e. The van der Waals surface area contributed by atoms with Gasteiger partial charge in [-0.05, 0) is 54.8 Å². The van der Waals surface area contributed by atoms with Crippen LogP contribution in [-0.2, 0) is 21.7 Å². The van der Waals surface area contributed by atoms with Crippen LogP contribution in [-0.4, -0.2) is 24.0 Å². The third-order valence-corrected chi connectivity index (χ3v) is 5.87. The van der Waals surface area contributed by atoms with Crippen LogP contribution in [0.15, 0.2) is 54.6 Å². The van der Waals surface area contributed by atoms with Crippen molar-refractivity contribution in [3.8, 4) is 0 Å². The molecule has 0 bridgehead atoms. The first-order valence-corrected chi connectivity index (χ1v) is 10.3. The molecule has 1 aliphatic carbocycles. The van der Waals surface area contributed by atoms with Gasteiger partial charge in [-0.25, -0.2) is 0 Å². The number of esters is 1. The van der Waals surface area contributed by atoms with Gasteiger partial charge in [0.25, 0.3) is 0 Å². The second-order valence-electron chi connectivity index (χ2n) is 8.02. The number of rotatable bonds is 6. The average Bonchev–Trinajstić information content (AvgIpc) is 3.54. The number of nitrogens with zero attached hydrogens (tertiary/aromatic N) is 1. The van der Waals surface area contributed by atoms with Crippen molar-refractivity contribution in [2.45, 2.75) is 57.1 Å². The highest BCUT2D eigenvalue weighted by Crippen LogP contribution is 2.42. The molecule has 0 amide bonds. The van der Waals surface area contributed by atoms with Crippen LogP contribution in [0, 0.1) is 0 Å². The fourth-order valence-electron chi connectivity index (χ4n) is 4.23. The molecule has 1 aliphatic heterocycles. The third-order valence-electron chi connectivity index (χ3n) is 5.87. The molecule has 0 aromatic heterocycles. The maximum atomic E-state index is 12.3. The van der Waals surface area contributed by atoms with Gasteiger partial charge in [-0.3, -0.25) is 9.69 Å². The van der Waals surface area contributed by atoms with Gasteiger partial charge in [0.05, 0.1) is 0 Å². The minimum Gasteiger partial charge on any atom is -0.453 e. The summed E-state index contributed by atoms with van der Waals surface area (Å²) in [5.41, 5.74) is 3.35. The van der Waals surface area contributed by atoms with Crippen LogP contribution < -0.4 is 0 Å². The van der Waals surface area contributed by atoms with E-state index >= 15 is 0 Å². The van der Waals surface area contributed by atoms with E-state index in [9.17, 15) is 4.79 Å². The van der Waals surface area contributed by atoms with Crippen LogP contribution in [0.2, 0.25) is 0 Å². The van der Waals surface area contributed by atoms with Crippen LogP contribution in [0.5, 0.6) is 0 Å². The van der Waals surface area contributed by atoms with Crippen molar-refractivity contribution in [3.63, 3.8) is 0 Å². The maximum Gasteiger partial charge on any atom is 0.306 e. The predicted molar refractivity (Wildman–Crippen MR) is 107 cm³/mol. The zero-order valence-electron chi connectivity index (χ0n) is 16.2. The highest BCUT2D eigenvalue weighted by molar-refractivity contribution is 5.69. The molecule has 0 radical (unpaired) electrons. The lowest BCUT2D eigenvalue weighted by molar-refractivity contribution is -0.167. The predicted octanol–water partition coefficient (Wildman–Crippen LogP) is 5.01. The van der Waals surface area contributed by atoms with E-state index in [1.165, 1.54) is 24.0 Å². The number of likely N-dealkylation sites (tertiary alicyclic amines) is 1. The maximum absolute atomic E-state index is 12.3. The van der Waals surface area contributed by atoms with Crippen LogP contribution >= 0.6 is 0 Å². The van der Waals surface area contributed by atoms with Crippen LogP contribution in [0.25, 0.3) is 0 Å². The van der Waals surface area contributed by atoms with E-state index in [0.717, 1.165) is 44.0 Å². The zero-order valence-corrected chi connectivity index (χ0v) is 16.2. The summed E-state index contributed by atoms with van der Waals surface area (Å²) >= 11 is 0. The SMILES string of the molecule is CCC(=O)OC1(c2ccc(C3CC3)cc2)CCCN(Cc2ccccc2)C1. The Morgan fingerprint density at radius 1 is 1.11 bits per heavy atom. The van der Waals surface area contributed by atoms with E-state index in [1.54, 1.807) is 0 Å². The van der Waals surface area contributed by atoms with Crippen LogP contribution in [0.3, 0.4) is 0 Å². The molecule has 3 nitrogen and oxygen atoms in total. The molecule has 0 spiro atoms. The van der Waals surface area contributed by atoms with Crippen molar-refractivity contribution in [1.29, 1.82) is 0 Å². The third kappa shape index (κ3) is 4.24. The lowest BCUT2D eigenvalue weighted by Crippen LogP contribution is -2.48. The van der Waals surface area contributed by atoms with E-state index in [2.05, 4.69) is 59.5 Å². The fourth-order valence-corrected chi connectivity index (χ4v) is 4.23. The first kappa shape index (κ1) is 18.2. The Balaban J connectivity index is 1.58. The molecule has 1 atom stereocenters.